The number of rotatable bonds is 5. The summed E-state index contributed by atoms with van der Waals surface area (Å²) in [5.74, 6) is 2.65. The molecule has 1 aromatic carbocycles. The molecule has 4 aromatic heterocycles. The van der Waals surface area contributed by atoms with Gasteiger partial charge in [-0.2, -0.15) is 0 Å². The average Bonchev–Trinajstić information content (AvgIpc) is 3.45. The monoisotopic (exact) mass is 485 g/mol. The van der Waals surface area contributed by atoms with Gasteiger partial charge in [-0.1, -0.05) is 30.0 Å². The summed E-state index contributed by atoms with van der Waals surface area (Å²) in [5.41, 5.74) is 10.9. The Morgan fingerprint density at radius 3 is 2.71 bits per heavy atom. The number of nitrogens with zero attached hydrogens (tertiary/aromatic N) is 6. The van der Waals surface area contributed by atoms with E-state index in [-0.39, 0.29) is 0 Å². The average molecular weight is 486 g/mol. The Bertz CT molecular complexity index is 1490. The second-order valence-electron chi connectivity index (χ2n) is 8.37. The number of hydrogen-bond donors (Lipinski definition) is 1. The van der Waals surface area contributed by atoms with Gasteiger partial charge in [0.1, 0.15) is 16.5 Å². The van der Waals surface area contributed by atoms with Crippen molar-refractivity contribution in [3.63, 3.8) is 0 Å². The summed E-state index contributed by atoms with van der Waals surface area (Å²) in [4.78, 5) is 16.1. The van der Waals surface area contributed by atoms with Crippen LogP contribution in [0.25, 0.3) is 27.3 Å². The fourth-order valence-electron chi connectivity index (χ4n) is 4.51. The fourth-order valence-corrected chi connectivity index (χ4v) is 6.60. The molecular weight excluding hydrogens is 462 g/mol. The molecule has 6 rings (SSSR count). The number of para-hydroxylation sites is 1. The standard InChI is InChI=1S/C25H23N7S2/c1-15-6-2-4-8-18(15)32-23(16-10-12-27-13-11-16)30-31-25(32)33-14-20-28-22(26)21-17-7-3-5-9-19(17)34-24(21)29-20/h2,4,6,8,10-13H,3,5,7,9,14H2,1H3,(H2,26,28,29). The zero-order valence-electron chi connectivity index (χ0n) is 18.7. The third-order valence-corrected chi connectivity index (χ3v) is 8.26. The van der Waals surface area contributed by atoms with Gasteiger partial charge in [0.05, 0.1) is 16.8 Å². The smallest absolute Gasteiger partial charge is 0.196 e. The first kappa shape index (κ1) is 21.2. The minimum Gasteiger partial charge on any atom is -0.383 e. The van der Waals surface area contributed by atoms with Crippen LogP contribution in [-0.4, -0.2) is 29.7 Å². The van der Waals surface area contributed by atoms with Crippen LogP contribution in [0.1, 0.15) is 34.7 Å². The predicted molar refractivity (Wildman–Crippen MR) is 137 cm³/mol. The van der Waals surface area contributed by atoms with Gasteiger partial charge in [-0.3, -0.25) is 9.55 Å². The second-order valence-corrected chi connectivity index (χ2v) is 10.4. The van der Waals surface area contributed by atoms with Crippen molar-refractivity contribution in [3.8, 4) is 17.1 Å². The summed E-state index contributed by atoms with van der Waals surface area (Å²) in [5, 5.41) is 10.9. The molecule has 4 heterocycles. The molecule has 9 heteroatoms. The summed E-state index contributed by atoms with van der Waals surface area (Å²) < 4.78 is 2.10. The van der Waals surface area contributed by atoms with Crippen LogP contribution in [0.5, 0.6) is 0 Å². The van der Waals surface area contributed by atoms with Crippen molar-refractivity contribution in [2.45, 2.75) is 43.5 Å². The van der Waals surface area contributed by atoms with E-state index in [1.165, 1.54) is 23.3 Å². The molecule has 0 fully saturated rings. The highest BCUT2D eigenvalue weighted by Gasteiger charge is 2.21. The molecule has 5 aromatic rings. The van der Waals surface area contributed by atoms with Gasteiger partial charge in [0, 0.05) is 22.8 Å². The first-order valence-electron chi connectivity index (χ1n) is 11.3. The number of pyridine rings is 1. The Labute approximate surface area is 205 Å². The topological polar surface area (TPSA) is 95.4 Å². The Balaban J connectivity index is 1.37. The number of thioether (sulfide) groups is 1. The van der Waals surface area contributed by atoms with Gasteiger partial charge in [-0.15, -0.1) is 21.5 Å². The largest absolute Gasteiger partial charge is 0.383 e. The molecule has 34 heavy (non-hydrogen) atoms. The lowest BCUT2D eigenvalue weighted by Crippen LogP contribution is -2.04. The predicted octanol–water partition coefficient (Wildman–Crippen LogP) is 5.40. The number of aromatic nitrogens is 6. The molecular formula is C25H23N7S2. The fraction of sp³-hybridized carbons (Fsp3) is 0.240. The number of thiophene rings is 1. The lowest BCUT2D eigenvalue weighted by molar-refractivity contribution is 0.700. The Morgan fingerprint density at radius 1 is 1.03 bits per heavy atom. The number of fused-ring (bicyclic) bond motifs is 3. The van der Waals surface area contributed by atoms with Crippen molar-refractivity contribution in [1.29, 1.82) is 0 Å². The molecule has 0 amide bonds. The van der Waals surface area contributed by atoms with Crippen LogP contribution in [0.4, 0.5) is 5.82 Å². The van der Waals surface area contributed by atoms with E-state index in [2.05, 4.69) is 43.8 Å². The number of benzene rings is 1. The van der Waals surface area contributed by atoms with E-state index >= 15 is 0 Å². The van der Waals surface area contributed by atoms with Crippen molar-refractivity contribution >= 4 is 39.1 Å². The molecule has 0 saturated carbocycles. The first-order valence-corrected chi connectivity index (χ1v) is 13.1. The molecule has 0 aliphatic heterocycles. The van der Waals surface area contributed by atoms with Gasteiger partial charge in [-0.05, 0) is 61.9 Å². The van der Waals surface area contributed by atoms with Crippen LogP contribution in [0.2, 0.25) is 0 Å². The van der Waals surface area contributed by atoms with Gasteiger partial charge in [0.25, 0.3) is 0 Å². The highest BCUT2D eigenvalue weighted by molar-refractivity contribution is 7.98. The van der Waals surface area contributed by atoms with Crippen LogP contribution in [0, 0.1) is 6.92 Å². The molecule has 1 aliphatic rings. The summed E-state index contributed by atoms with van der Waals surface area (Å²) in [7, 11) is 0. The van der Waals surface area contributed by atoms with E-state index in [1.54, 1.807) is 35.5 Å². The normalized spacial score (nSPS) is 13.3. The van der Waals surface area contributed by atoms with Crippen molar-refractivity contribution in [2.24, 2.45) is 0 Å². The summed E-state index contributed by atoms with van der Waals surface area (Å²) in [6.07, 6.45) is 8.19. The van der Waals surface area contributed by atoms with Crippen molar-refractivity contribution in [2.75, 3.05) is 5.73 Å². The SMILES string of the molecule is Cc1ccccc1-n1c(SCc2nc(N)c3c4c(sc3n2)CCCC4)nnc1-c1ccncc1. The third kappa shape index (κ3) is 3.74. The van der Waals surface area contributed by atoms with Gasteiger partial charge in [0.2, 0.25) is 0 Å². The number of anilines is 1. The van der Waals surface area contributed by atoms with Crippen molar-refractivity contribution in [1.82, 2.24) is 29.7 Å². The van der Waals surface area contributed by atoms with Crippen molar-refractivity contribution < 1.29 is 0 Å². The Morgan fingerprint density at radius 2 is 1.85 bits per heavy atom. The van der Waals surface area contributed by atoms with Crippen LogP contribution in [0.3, 0.4) is 0 Å². The quantitative estimate of drug-likeness (QED) is 0.333. The zero-order chi connectivity index (χ0) is 23.1. The summed E-state index contributed by atoms with van der Waals surface area (Å²) in [6, 6.07) is 12.1. The van der Waals surface area contributed by atoms with Crippen LogP contribution in [-0.2, 0) is 18.6 Å². The molecule has 0 spiro atoms. The maximum absolute atomic E-state index is 6.42. The minimum atomic E-state index is 0.559. The molecule has 0 bridgehead atoms. The Kier molecular flexibility index (Phi) is 5.50. The number of aryl methyl sites for hydroxylation is 3. The highest BCUT2D eigenvalue weighted by Crippen LogP contribution is 2.38. The van der Waals surface area contributed by atoms with Crippen LogP contribution >= 0.6 is 23.1 Å². The summed E-state index contributed by atoms with van der Waals surface area (Å²) >= 11 is 3.34. The zero-order valence-corrected chi connectivity index (χ0v) is 20.4. The number of nitrogen functional groups attached to an aromatic ring is 1. The number of nitrogens with two attached hydrogens (primary N) is 1. The lowest BCUT2D eigenvalue weighted by Gasteiger charge is -2.13. The van der Waals surface area contributed by atoms with E-state index in [0.717, 1.165) is 56.7 Å². The summed E-state index contributed by atoms with van der Waals surface area (Å²) in [6.45, 7) is 2.09. The van der Waals surface area contributed by atoms with Gasteiger partial charge in [-0.25, -0.2) is 9.97 Å². The first-order chi connectivity index (χ1) is 16.7. The molecule has 7 nitrogen and oxygen atoms in total. The molecule has 1 aliphatic carbocycles. The molecule has 0 radical (unpaired) electrons. The molecule has 2 N–H and O–H groups in total. The second kappa shape index (κ2) is 8.81. The third-order valence-electron chi connectivity index (χ3n) is 6.15. The maximum Gasteiger partial charge on any atom is 0.196 e. The van der Waals surface area contributed by atoms with Gasteiger partial charge < -0.3 is 5.73 Å². The van der Waals surface area contributed by atoms with E-state index in [9.17, 15) is 0 Å². The molecule has 0 unspecified atom stereocenters. The van der Waals surface area contributed by atoms with E-state index in [0.29, 0.717) is 11.6 Å². The Hall–Kier alpha value is -3.30. The maximum atomic E-state index is 6.42. The van der Waals surface area contributed by atoms with E-state index in [4.69, 9.17) is 10.7 Å². The minimum absolute atomic E-state index is 0.559. The number of hydrogen-bond acceptors (Lipinski definition) is 8. The molecule has 0 saturated heterocycles. The van der Waals surface area contributed by atoms with Crippen LogP contribution in [0.15, 0.2) is 53.9 Å². The lowest BCUT2D eigenvalue weighted by atomic mass is 9.97. The molecule has 170 valence electrons. The van der Waals surface area contributed by atoms with E-state index < -0.39 is 0 Å². The molecule has 0 atom stereocenters. The highest BCUT2D eigenvalue weighted by atomic mass is 32.2. The van der Waals surface area contributed by atoms with Gasteiger partial charge >= 0.3 is 0 Å². The van der Waals surface area contributed by atoms with E-state index in [1.807, 2.05) is 24.3 Å². The van der Waals surface area contributed by atoms with Gasteiger partial charge in [0.15, 0.2) is 11.0 Å². The van der Waals surface area contributed by atoms with Crippen LogP contribution < -0.4 is 5.73 Å². The van der Waals surface area contributed by atoms with Crippen molar-refractivity contribution in [3.05, 3.63) is 70.6 Å².